The van der Waals surface area contributed by atoms with Gasteiger partial charge < -0.3 is 16.8 Å². The number of amides is 1. The molecule has 6 N–H and O–H groups in total. The number of hydrogen-bond donors (Lipinski definition) is 4. The minimum Gasteiger partial charge on any atom is -0.370 e. The van der Waals surface area contributed by atoms with Gasteiger partial charge in [0.25, 0.3) is 0 Å². The number of aryl methyl sites for hydroxylation is 1. The second kappa shape index (κ2) is 8.21. The lowest BCUT2D eigenvalue weighted by Gasteiger charge is -2.06. The lowest BCUT2D eigenvalue weighted by Crippen LogP contribution is -2.24. The lowest BCUT2D eigenvalue weighted by atomic mass is 10.1. The fraction of sp³-hybridized carbons (Fsp3) is 0.308. The fourth-order valence-corrected chi connectivity index (χ4v) is 2.03. The Labute approximate surface area is 122 Å². The van der Waals surface area contributed by atoms with Crippen LogP contribution in [0.4, 0.5) is 5.69 Å². The largest absolute Gasteiger partial charge is 0.370 e. The Kier molecular flexibility index (Phi) is 6.58. The van der Waals surface area contributed by atoms with Gasteiger partial charge in [-0.1, -0.05) is 37.2 Å². The zero-order valence-corrected chi connectivity index (χ0v) is 12.2. The van der Waals surface area contributed by atoms with Crippen molar-refractivity contribution >= 4 is 34.5 Å². The number of rotatable bonds is 5. The maximum atomic E-state index is 11.7. The van der Waals surface area contributed by atoms with Crippen molar-refractivity contribution in [2.24, 2.45) is 16.5 Å². The summed E-state index contributed by atoms with van der Waals surface area (Å²) in [6.07, 6.45) is 2.12. The standard InChI is InChI=1S/C13H19N5OS/c1-2-3-9-4-6-10(7-5-9)17-11(19)8-20-13(16)18-12(14)15/h4-7H,2-3,8H2,1H3,(H,17,19)(H5,14,15,16,18). The normalized spacial score (nSPS) is 9.85. The van der Waals surface area contributed by atoms with Crippen molar-refractivity contribution in [1.82, 2.24) is 0 Å². The van der Waals surface area contributed by atoms with Crippen LogP contribution in [-0.2, 0) is 11.2 Å². The topological polar surface area (TPSA) is 117 Å². The van der Waals surface area contributed by atoms with E-state index in [0.29, 0.717) is 0 Å². The van der Waals surface area contributed by atoms with Crippen molar-refractivity contribution in [1.29, 1.82) is 5.41 Å². The number of nitrogens with two attached hydrogens (primary N) is 2. The van der Waals surface area contributed by atoms with E-state index < -0.39 is 0 Å². The number of carbonyl (C=O) groups excluding carboxylic acids is 1. The first kappa shape index (κ1) is 16.0. The van der Waals surface area contributed by atoms with Gasteiger partial charge in [-0.05, 0) is 24.1 Å². The molecule has 0 aliphatic heterocycles. The maximum absolute atomic E-state index is 11.7. The monoisotopic (exact) mass is 293 g/mol. The number of nitrogens with zero attached hydrogens (tertiary/aromatic N) is 1. The first-order chi connectivity index (χ1) is 9.51. The molecule has 20 heavy (non-hydrogen) atoms. The number of nitrogens with one attached hydrogen (secondary N) is 2. The molecule has 0 atom stereocenters. The minimum absolute atomic E-state index is 0.0848. The number of carbonyl (C=O) groups is 1. The zero-order chi connectivity index (χ0) is 15.0. The van der Waals surface area contributed by atoms with Crippen LogP contribution in [0, 0.1) is 5.41 Å². The molecule has 108 valence electrons. The van der Waals surface area contributed by atoms with E-state index >= 15 is 0 Å². The van der Waals surface area contributed by atoms with E-state index in [2.05, 4.69) is 17.2 Å². The third kappa shape index (κ3) is 6.24. The van der Waals surface area contributed by atoms with Crippen molar-refractivity contribution in [3.63, 3.8) is 0 Å². The molecule has 0 bridgehead atoms. The van der Waals surface area contributed by atoms with Gasteiger partial charge in [-0.15, -0.1) is 0 Å². The third-order valence-electron chi connectivity index (χ3n) is 2.35. The molecule has 0 spiro atoms. The van der Waals surface area contributed by atoms with Crippen molar-refractivity contribution < 1.29 is 4.79 Å². The molecule has 0 fully saturated rings. The first-order valence-electron chi connectivity index (χ1n) is 6.21. The van der Waals surface area contributed by atoms with Crippen molar-refractivity contribution in [2.75, 3.05) is 11.1 Å². The molecule has 0 aromatic heterocycles. The van der Waals surface area contributed by atoms with Crippen molar-refractivity contribution in [3.05, 3.63) is 29.8 Å². The van der Waals surface area contributed by atoms with Gasteiger partial charge in [0.1, 0.15) is 0 Å². The summed E-state index contributed by atoms with van der Waals surface area (Å²) in [5.41, 5.74) is 12.3. The second-order valence-electron chi connectivity index (χ2n) is 4.13. The summed E-state index contributed by atoms with van der Waals surface area (Å²) >= 11 is 0.967. The number of aliphatic imine (C=N–C) groups is 1. The van der Waals surface area contributed by atoms with Crippen LogP contribution in [0.2, 0.25) is 0 Å². The van der Waals surface area contributed by atoms with E-state index in [1.807, 2.05) is 24.3 Å². The van der Waals surface area contributed by atoms with Crippen LogP contribution >= 0.6 is 11.8 Å². The van der Waals surface area contributed by atoms with E-state index in [0.717, 1.165) is 30.3 Å². The molecule has 0 radical (unpaired) electrons. The van der Waals surface area contributed by atoms with E-state index in [9.17, 15) is 4.79 Å². The van der Waals surface area contributed by atoms with Crippen LogP contribution in [0.1, 0.15) is 18.9 Å². The molecule has 1 rings (SSSR count). The quantitative estimate of drug-likeness (QED) is 0.486. The Bertz CT molecular complexity index is 494. The fourth-order valence-electron chi connectivity index (χ4n) is 1.52. The number of thioether (sulfide) groups is 1. The van der Waals surface area contributed by atoms with E-state index in [-0.39, 0.29) is 22.8 Å². The number of guanidine groups is 1. The minimum atomic E-state index is -0.200. The number of benzene rings is 1. The highest BCUT2D eigenvalue weighted by Crippen LogP contribution is 2.12. The van der Waals surface area contributed by atoms with Gasteiger partial charge in [0.05, 0.1) is 5.75 Å². The van der Waals surface area contributed by atoms with Crippen LogP contribution in [0.15, 0.2) is 29.3 Å². The molecule has 1 amide bonds. The smallest absolute Gasteiger partial charge is 0.234 e. The molecule has 0 aliphatic carbocycles. The molecule has 0 saturated heterocycles. The average Bonchev–Trinajstić information content (AvgIpc) is 2.38. The molecule has 7 heteroatoms. The summed E-state index contributed by atoms with van der Waals surface area (Å²) in [5, 5.41) is 10.1. The van der Waals surface area contributed by atoms with Crippen LogP contribution < -0.4 is 16.8 Å². The summed E-state index contributed by atoms with van der Waals surface area (Å²) in [7, 11) is 0. The predicted octanol–water partition coefficient (Wildman–Crippen LogP) is 1.52. The van der Waals surface area contributed by atoms with Gasteiger partial charge in [0.15, 0.2) is 11.1 Å². The Morgan fingerprint density at radius 3 is 2.55 bits per heavy atom. The zero-order valence-electron chi connectivity index (χ0n) is 11.3. The number of anilines is 1. The lowest BCUT2D eigenvalue weighted by molar-refractivity contribution is -0.113. The van der Waals surface area contributed by atoms with Crippen LogP contribution in [0.25, 0.3) is 0 Å². The number of hydrogen-bond acceptors (Lipinski definition) is 3. The molecular weight excluding hydrogens is 274 g/mol. The summed E-state index contributed by atoms with van der Waals surface area (Å²) in [6.45, 7) is 2.12. The third-order valence-corrected chi connectivity index (χ3v) is 3.12. The van der Waals surface area contributed by atoms with Crippen molar-refractivity contribution in [3.8, 4) is 0 Å². The van der Waals surface area contributed by atoms with Gasteiger partial charge in [-0.25, -0.2) is 0 Å². The Hall–Kier alpha value is -2.02. The Balaban J connectivity index is 2.42. The maximum Gasteiger partial charge on any atom is 0.234 e. The molecule has 1 aromatic rings. The summed E-state index contributed by atoms with van der Waals surface area (Å²) in [6, 6.07) is 7.73. The van der Waals surface area contributed by atoms with Gasteiger partial charge in [-0.2, -0.15) is 4.99 Å². The molecule has 0 heterocycles. The second-order valence-corrected chi connectivity index (χ2v) is 5.09. The van der Waals surface area contributed by atoms with E-state index in [1.54, 1.807) is 0 Å². The van der Waals surface area contributed by atoms with Gasteiger partial charge in [-0.3, -0.25) is 10.2 Å². The summed E-state index contributed by atoms with van der Waals surface area (Å²) in [4.78, 5) is 15.2. The van der Waals surface area contributed by atoms with Crippen molar-refractivity contribution in [2.45, 2.75) is 19.8 Å². The summed E-state index contributed by atoms with van der Waals surface area (Å²) < 4.78 is 0. The highest BCUT2D eigenvalue weighted by Gasteiger charge is 2.05. The Morgan fingerprint density at radius 1 is 1.35 bits per heavy atom. The number of amidine groups is 1. The summed E-state index contributed by atoms with van der Waals surface area (Å²) in [5.74, 6) is -0.296. The van der Waals surface area contributed by atoms with Crippen LogP contribution in [-0.4, -0.2) is 22.8 Å². The SMILES string of the molecule is CCCc1ccc(NC(=O)CSC(=N)N=C(N)N)cc1. The molecule has 0 unspecified atom stereocenters. The van der Waals surface area contributed by atoms with Gasteiger partial charge in [0.2, 0.25) is 5.91 Å². The van der Waals surface area contributed by atoms with Gasteiger partial charge >= 0.3 is 0 Å². The predicted molar refractivity (Wildman–Crippen MR) is 85.1 cm³/mol. The van der Waals surface area contributed by atoms with E-state index in [1.165, 1.54) is 5.56 Å². The van der Waals surface area contributed by atoms with E-state index in [4.69, 9.17) is 16.9 Å². The van der Waals surface area contributed by atoms with Gasteiger partial charge in [0, 0.05) is 5.69 Å². The molecular formula is C13H19N5OS. The van der Waals surface area contributed by atoms with Crippen LogP contribution in [0.5, 0.6) is 0 Å². The Morgan fingerprint density at radius 2 is 2.00 bits per heavy atom. The highest BCUT2D eigenvalue weighted by molar-refractivity contribution is 8.14. The first-order valence-corrected chi connectivity index (χ1v) is 7.19. The average molecular weight is 293 g/mol. The van der Waals surface area contributed by atoms with Crippen LogP contribution in [0.3, 0.4) is 0 Å². The highest BCUT2D eigenvalue weighted by atomic mass is 32.2. The molecule has 6 nitrogen and oxygen atoms in total. The molecule has 1 aromatic carbocycles. The molecule has 0 saturated carbocycles. The molecule has 0 aliphatic rings.